The van der Waals surface area contributed by atoms with Crippen LogP contribution in [0.5, 0.6) is 5.75 Å². The fourth-order valence-electron chi connectivity index (χ4n) is 2.37. The van der Waals surface area contributed by atoms with Crippen LogP contribution in [0.25, 0.3) is 0 Å². The molecule has 0 spiro atoms. The molecule has 5 nitrogen and oxygen atoms in total. The van der Waals surface area contributed by atoms with E-state index in [0.29, 0.717) is 5.96 Å². The number of benzene rings is 1. The number of ether oxygens (including phenoxy) is 1. The third kappa shape index (κ3) is 7.88. The fraction of sp³-hybridized carbons (Fsp3) is 0.562. The van der Waals surface area contributed by atoms with Gasteiger partial charge in [-0.15, -0.1) is 24.0 Å². The molecule has 1 aromatic rings. The predicted octanol–water partition coefficient (Wildman–Crippen LogP) is 2.84. The number of hydrogen-bond acceptors (Lipinski definition) is 3. The van der Waals surface area contributed by atoms with Crippen LogP contribution < -0.4 is 10.5 Å². The van der Waals surface area contributed by atoms with Crippen LogP contribution in [-0.4, -0.2) is 48.3 Å². The molecule has 1 unspecified atom stereocenters. The molecule has 1 atom stereocenters. The van der Waals surface area contributed by atoms with Crippen molar-refractivity contribution in [2.45, 2.75) is 31.8 Å². The van der Waals surface area contributed by atoms with Crippen molar-refractivity contribution in [3.63, 3.8) is 0 Å². The number of likely N-dealkylation sites (tertiary alicyclic amines) is 1. The van der Waals surface area contributed by atoms with Gasteiger partial charge in [-0.3, -0.25) is 4.99 Å². The number of guanidine groups is 1. The van der Waals surface area contributed by atoms with Crippen molar-refractivity contribution >= 4 is 52.5 Å². The number of aliphatic imine (C=N–C) groups is 1. The molecular formula is C16H25I2N3O2. The minimum Gasteiger partial charge on any atom is -0.491 e. The van der Waals surface area contributed by atoms with E-state index in [-0.39, 0.29) is 37.1 Å². The second kappa shape index (κ2) is 11.3. The maximum absolute atomic E-state index is 9.96. The van der Waals surface area contributed by atoms with Gasteiger partial charge in [-0.05, 0) is 59.7 Å². The van der Waals surface area contributed by atoms with E-state index in [2.05, 4.69) is 32.5 Å². The first-order chi connectivity index (χ1) is 10.6. The topological polar surface area (TPSA) is 71.1 Å². The fourth-order valence-corrected chi connectivity index (χ4v) is 2.73. The van der Waals surface area contributed by atoms with Gasteiger partial charge in [-0.25, -0.2) is 0 Å². The summed E-state index contributed by atoms with van der Waals surface area (Å²) >= 11 is 2.24. The lowest BCUT2D eigenvalue weighted by Gasteiger charge is -2.21. The zero-order chi connectivity index (χ0) is 15.8. The Labute approximate surface area is 168 Å². The minimum atomic E-state index is -0.648. The Morgan fingerprint density at radius 2 is 1.83 bits per heavy atom. The first-order valence-electron chi connectivity index (χ1n) is 7.76. The summed E-state index contributed by atoms with van der Waals surface area (Å²) < 4.78 is 6.70. The highest BCUT2D eigenvalue weighted by molar-refractivity contribution is 14.1. The van der Waals surface area contributed by atoms with Crippen molar-refractivity contribution in [1.82, 2.24) is 4.90 Å². The quantitative estimate of drug-likeness (QED) is 0.340. The van der Waals surface area contributed by atoms with Crippen molar-refractivity contribution in [3.05, 3.63) is 27.8 Å². The van der Waals surface area contributed by atoms with Crippen LogP contribution in [-0.2, 0) is 0 Å². The second-order valence-corrected chi connectivity index (χ2v) is 6.76. The van der Waals surface area contributed by atoms with Gasteiger partial charge in [0.1, 0.15) is 18.5 Å². The molecule has 23 heavy (non-hydrogen) atoms. The third-order valence-electron chi connectivity index (χ3n) is 3.65. The Kier molecular flexibility index (Phi) is 10.2. The molecular weight excluding hydrogens is 520 g/mol. The van der Waals surface area contributed by atoms with Gasteiger partial charge in [0, 0.05) is 16.7 Å². The monoisotopic (exact) mass is 545 g/mol. The van der Waals surface area contributed by atoms with E-state index < -0.39 is 6.10 Å². The third-order valence-corrected chi connectivity index (χ3v) is 4.37. The van der Waals surface area contributed by atoms with Gasteiger partial charge in [-0.1, -0.05) is 12.8 Å². The Bertz CT molecular complexity index is 475. The number of halogens is 2. The van der Waals surface area contributed by atoms with E-state index in [1.165, 1.54) is 12.8 Å². The first-order valence-corrected chi connectivity index (χ1v) is 8.84. The van der Waals surface area contributed by atoms with Crippen molar-refractivity contribution in [2.24, 2.45) is 10.7 Å². The normalized spacial score (nSPS) is 17.1. The molecule has 0 radical (unpaired) electrons. The Morgan fingerprint density at radius 1 is 1.22 bits per heavy atom. The summed E-state index contributed by atoms with van der Waals surface area (Å²) in [5, 5.41) is 9.96. The smallest absolute Gasteiger partial charge is 0.191 e. The number of nitrogens with two attached hydrogens (primary N) is 1. The lowest BCUT2D eigenvalue weighted by Crippen LogP contribution is -2.38. The number of nitrogens with zero attached hydrogens (tertiary/aromatic N) is 2. The summed E-state index contributed by atoms with van der Waals surface area (Å²) in [6, 6.07) is 7.72. The SMILES string of the molecule is I.NC(=NCC(O)COc1ccc(I)cc1)N1CCCCCC1. The Balaban J connectivity index is 0.00000264. The second-order valence-electron chi connectivity index (χ2n) is 5.52. The maximum atomic E-state index is 9.96. The molecule has 0 saturated carbocycles. The van der Waals surface area contributed by atoms with E-state index in [9.17, 15) is 5.11 Å². The van der Waals surface area contributed by atoms with Gasteiger partial charge in [0.2, 0.25) is 0 Å². The van der Waals surface area contributed by atoms with Crippen LogP contribution in [0.15, 0.2) is 29.3 Å². The van der Waals surface area contributed by atoms with Crippen LogP contribution in [0.4, 0.5) is 0 Å². The summed E-state index contributed by atoms with van der Waals surface area (Å²) in [4.78, 5) is 6.42. The maximum Gasteiger partial charge on any atom is 0.191 e. The zero-order valence-electron chi connectivity index (χ0n) is 13.2. The van der Waals surface area contributed by atoms with Crippen LogP contribution in [0, 0.1) is 3.57 Å². The van der Waals surface area contributed by atoms with Crippen molar-refractivity contribution < 1.29 is 9.84 Å². The van der Waals surface area contributed by atoms with Gasteiger partial charge < -0.3 is 20.5 Å². The molecule has 1 saturated heterocycles. The molecule has 0 aromatic heterocycles. The van der Waals surface area contributed by atoms with Crippen LogP contribution in [0.2, 0.25) is 0 Å². The largest absolute Gasteiger partial charge is 0.491 e. The minimum absolute atomic E-state index is 0. The molecule has 0 aliphatic carbocycles. The van der Waals surface area contributed by atoms with E-state index in [1.807, 2.05) is 24.3 Å². The molecule has 1 aromatic carbocycles. The van der Waals surface area contributed by atoms with Crippen molar-refractivity contribution in [3.8, 4) is 5.75 Å². The molecule has 3 N–H and O–H groups in total. The lowest BCUT2D eigenvalue weighted by atomic mass is 10.2. The van der Waals surface area contributed by atoms with Crippen molar-refractivity contribution in [1.29, 1.82) is 0 Å². The summed E-state index contributed by atoms with van der Waals surface area (Å²) in [6.45, 7) is 2.42. The molecule has 1 aliphatic rings. The number of aliphatic hydroxyl groups is 1. The van der Waals surface area contributed by atoms with Gasteiger partial charge in [-0.2, -0.15) is 0 Å². The van der Waals surface area contributed by atoms with Crippen LogP contribution in [0.3, 0.4) is 0 Å². The van der Waals surface area contributed by atoms with Crippen LogP contribution in [0.1, 0.15) is 25.7 Å². The molecule has 0 bridgehead atoms. The number of rotatable bonds is 5. The highest BCUT2D eigenvalue weighted by Gasteiger charge is 2.12. The molecule has 1 heterocycles. The summed E-state index contributed by atoms with van der Waals surface area (Å²) in [5.74, 6) is 1.29. The van der Waals surface area contributed by atoms with Crippen LogP contribution >= 0.6 is 46.6 Å². The van der Waals surface area contributed by atoms with E-state index in [0.717, 1.165) is 35.3 Å². The molecule has 1 aliphatic heterocycles. The Morgan fingerprint density at radius 3 is 2.43 bits per heavy atom. The number of aliphatic hydroxyl groups excluding tert-OH is 1. The summed E-state index contributed by atoms with van der Waals surface area (Å²) in [6.07, 6.45) is 4.19. The van der Waals surface area contributed by atoms with Gasteiger partial charge >= 0.3 is 0 Å². The van der Waals surface area contributed by atoms with Gasteiger partial charge in [0.25, 0.3) is 0 Å². The average Bonchev–Trinajstić information content (AvgIpc) is 2.81. The average molecular weight is 545 g/mol. The summed E-state index contributed by atoms with van der Waals surface area (Å²) in [7, 11) is 0. The molecule has 1 fully saturated rings. The zero-order valence-corrected chi connectivity index (χ0v) is 17.6. The molecule has 7 heteroatoms. The lowest BCUT2D eigenvalue weighted by molar-refractivity contribution is 0.114. The molecule has 130 valence electrons. The summed E-state index contributed by atoms with van der Waals surface area (Å²) in [5.41, 5.74) is 6.01. The highest BCUT2D eigenvalue weighted by atomic mass is 127. The van der Waals surface area contributed by atoms with E-state index in [4.69, 9.17) is 10.5 Å². The van der Waals surface area contributed by atoms with Gasteiger partial charge in [0.05, 0.1) is 6.54 Å². The molecule has 0 amide bonds. The predicted molar refractivity (Wildman–Crippen MR) is 113 cm³/mol. The van der Waals surface area contributed by atoms with Gasteiger partial charge in [0.15, 0.2) is 5.96 Å². The standard InChI is InChI=1S/C16H24IN3O2.HI/c17-13-5-7-15(8-6-13)22-12-14(21)11-19-16(18)20-9-3-1-2-4-10-20;/h5-8,14,21H,1-4,9-12H2,(H2,18,19);1H. The highest BCUT2D eigenvalue weighted by Crippen LogP contribution is 2.13. The van der Waals surface area contributed by atoms with E-state index in [1.54, 1.807) is 0 Å². The number of hydrogen-bond donors (Lipinski definition) is 2. The molecule has 2 rings (SSSR count). The van der Waals surface area contributed by atoms with E-state index >= 15 is 0 Å². The van der Waals surface area contributed by atoms with Crippen molar-refractivity contribution in [2.75, 3.05) is 26.2 Å². The first kappa shape index (κ1) is 20.8. The Hall–Kier alpha value is -0.290.